The molecule has 2 rings (SSSR count). The first-order valence-corrected chi connectivity index (χ1v) is 5.85. The van der Waals surface area contributed by atoms with E-state index < -0.39 is 23.6 Å². The Morgan fingerprint density at radius 3 is 2.42 bits per heavy atom. The van der Waals surface area contributed by atoms with Gasteiger partial charge < -0.3 is 14.4 Å². The molecule has 0 aliphatic heterocycles. The van der Waals surface area contributed by atoms with Crippen LogP contribution in [-0.2, 0) is 6.18 Å². The van der Waals surface area contributed by atoms with Crippen LogP contribution in [0.4, 0.5) is 19.2 Å². The second kappa shape index (κ2) is 4.75. The number of anilines is 1. The number of carbonyl (C=O) groups is 1. The van der Waals surface area contributed by atoms with Gasteiger partial charge in [0.15, 0.2) is 5.69 Å². The van der Waals surface area contributed by atoms with Gasteiger partial charge in [-0.15, -0.1) is 0 Å². The standard InChI is InChI=1S/C11H13F3N2O3/c1-16(6-4-2-3-5-6)10-15-8(11(12,13)14)7(19-10)9(17)18/h6H,2-5H2,1H3,(H,17,18). The first-order valence-electron chi connectivity index (χ1n) is 5.85. The van der Waals surface area contributed by atoms with E-state index in [-0.39, 0.29) is 12.1 Å². The van der Waals surface area contributed by atoms with E-state index in [1.165, 1.54) is 4.90 Å². The topological polar surface area (TPSA) is 66.6 Å². The largest absolute Gasteiger partial charge is 0.475 e. The van der Waals surface area contributed by atoms with Crippen LogP contribution in [0.25, 0.3) is 0 Å². The lowest BCUT2D eigenvalue weighted by molar-refractivity contribution is -0.141. The van der Waals surface area contributed by atoms with Crippen LogP contribution in [0.15, 0.2) is 4.42 Å². The molecule has 1 aliphatic rings. The lowest BCUT2D eigenvalue weighted by Crippen LogP contribution is -2.29. The quantitative estimate of drug-likeness (QED) is 0.920. The molecule has 5 nitrogen and oxygen atoms in total. The fraction of sp³-hybridized carbons (Fsp3) is 0.636. The maximum atomic E-state index is 12.7. The number of nitrogens with zero attached hydrogens (tertiary/aromatic N) is 2. The Morgan fingerprint density at radius 1 is 1.42 bits per heavy atom. The summed E-state index contributed by atoms with van der Waals surface area (Å²) in [5.41, 5.74) is -1.49. The van der Waals surface area contributed by atoms with Crippen molar-refractivity contribution in [3.8, 4) is 0 Å². The third-order valence-electron chi connectivity index (χ3n) is 3.25. The molecule has 1 aromatic heterocycles. The summed E-state index contributed by atoms with van der Waals surface area (Å²) in [6.45, 7) is 0. The lowest BCUT2D eigenvalue weighted by Gasteiger charge is -2.21. The molecule has 1 saturated carbocycles. The van der Waals surface area contributed by atoms with Gasteiger partial charge >= 0.3 is 12.1 Å². The van der Waals surface area contributed by atoms with Gasteiger partial charge in [-0.05, 0) is 12.8 Å². The minimum atomic E-state index is -4.84. The number of halogens is 3. The molecule has 106 valence electrons. The molecule has 0 radical (unpaired) electrons. The third-order valence-corrected chi connectivity index (χ3v) is 3.25. The zero-order valence-corrected chi connectivity index (χ0v) is 10.2. The van der Waals surface area contributed by atoms with Crippen molar-refractivity contribution in [1.29, 1.82) is 0 Å². The number of oxazole rings is 1. The summed E-state index contributed by atoms with van der Waals surface area (Å²) < 4.78 is 42.7. The minimum Gasteiger partial charge on any atom is -0.475 e. The van der Waals surface area contributed by atoms with Gasteiger partial charge in [0, 0.05) is 13.1 Å². The van der Waals surface area contributed by atoms with Crippen LogP contribution in [0, 0.1) is 0 Å². The van der Waals surface area contributed by atoms with Crippen molar-refractivity contribution >= 4 is 12.0 Å². The van der Waals surface area contributed by atoms with Gasteiger partial charge in [-0.2, -0.15) is 18.2 Å². The first kappa shape index (κ1) is 13.7. The summed E-state index contributed by atoms with van der Waals surface area (Å²) >= 11 is 0. The number of aromatic nitrogens is 1. The fourth-order valence-electron chi connectivity index (χ4n) is 2.24. The average Bonchev–Trinajstić information content (AvgIpc) is 2.96. The molecule has 0 spiro atoms. The maximum Gasteiger partial charge on any atom is 0.437 e. The average molecular weight is 278 g/mol. The predicted octanol–water partition coefficient (Wildman–Crippen LogP) is 2.77. The number of hydrogen-bond donors (Lipinski definition) is 1. The Hall–Kier alpha value is -1.73. The summed E-state index contributed by atoms with van der Waals surface area (Å²) in [6, 6.07) is -0.252. The van der Waals surface area contributed by atoms with Crippen LogP contribution >= 0.6 is 0 Å². The molecule has 0 unspecified atom stereocenters. The van der Waals surface area contributed by atoms with Crippen LogP contribution in [0.5, 0.6) is 0 Å². The van der Waals surface area contributed by atoms with Crippen LogP contribution in [-0.4, -0.2) is 29.1 Å². The van der Waals surface area contributed by atoms with Crippen LogP contribution in [0.2, 0.25) is 0 Å². The van der Waals surface area contributed by atoms with Crippen molar-refractivity contribution in [3.05, 3.63) is 11.5 Å². The van der Waals surface area contributed by atoms with Gasteiger partial charge in [-0.25, -0.2) is 4.79 Å². The van der Waals surface area contributed by atoms with Gasteiger partial charge in [0.05, 0.1) is 0 Å². The van der Waals surface area contributed by atoms with Gasteiger partial charge in [-0.3, -0.25) is 0 Å². The highest BCUT2D eigenvalue weighted by atomic mass is 19.4. The van der Waals surface area contributed by atoms with Gasteiger partial charge in [0.2, 0.25) is 5.76 Å². The summed E-state index contributed by atoms with van der Waals surface area (Å²) in [7, 11) is 1.56. The van der Waals surface area contributed by atoms with E-state index >= 15 is 0 Å². The number of carboxylic acids is 1. The molecule has 0 atom stereocenters. The Balaban J connectivity index is 2.34. The fourth-order valence-corrected chi connectivity index (χ4v) is 2.24. The summed E-state index contributed by atoms with van der Waals surface area (Å²) in [5, 5.41) is 8.74. The van der Waals surface area contributed by atoms with Crippen LogP contribution < -0.4 is 4.90 Å². The van der Waals surface area contributed by atoms with Crippen LogP contribution in [0.1, 0.15) is 41.9 Å². The van der Waals surface area contributed by atoms with Crippen molar-refractivity contribution < 1.29 is 27.5 Å². The maximum absolute atomic E-state index is 12.7. The summed E-state index contributed by atoms with van der Waals surface area (Å²) in [5.74, 6) is -2.93. The Bertz CT molecular complexity index is 478. The molecule has 0 saturated heterocycles. The van der Waals surface area contributed by atoms with Crippen molar-refractivity contribution in [2.45, 2.75) is 37.9 Å². The van der Waals surface area contributed by atoms with E-state index in [4.69, 9.17) is 9.52 Å². The highest BCUT2D eigenvalue weighted by Gasteiger charge is 2.42. The van der Waals surface area contributed by atoms with Gasteiger partial charge in [0.1, 0.15) is 0 Å². The molecule has 1 aromatic rings. The van der Waals surface area contributed by atoms with E-state index in [9.17, 15) is 18.0 Å². The molecule has 1 N–H and O–H groups in total. The predicted molar refractivity (Wildman–Crippen MR) is 59.1 cm³/mol. The number of hydrogen-bond acceptors (Lipinski definition) is 4. The zero-order chi connectivity index (χ0) is 14.2. The second-order valence-corrected chi connectivity index (χ2v) is 4.53. The first-order chi connectivity index (χ1) is 8.80. The molecule has 0 aromatic carbocycles. The monoisotopic (exact) mass is 278 g/mol. The highest BCUT2D eigenvalue weighted by molar-refractivity contribution is 5.86. The second-order valence-electron chi connectivity index (χ2n) is 4.53. The minimum absolute atomic E-state index is 0.0429. The molecule has 1 heterocycles. The normalized spacial score (nSPS) is 16.8. The highest BCUT2D eigenvalue weighted by Crippen LogP contribution is 2.35. The SMILES string of the molecule is CN(c1nc(C(F)(F)F)c(C(=O)O)o1)C1CCCC1. The van der Waals surface area contributed by atoms with Crippen molar-refractivity contribution in [2.75, 3.05) is 11.9 Å². The molecule has 8 heteroatoms. The summed E-state index contributed by atoms with van der Waals surface area (Å²) in [6.07, 6.45) is -1.18. The summed E-state index contributed by atoms with van der Waals surface area (Å²) in [4.78, 5) is 15.6. The zero-order valence-electron chi connectivity index (χ0n) is 10.2. The molecule has 0 amide bonds. The van der Waals surface area contributed by atoms with Crippen molar-refractivity contribution in [1.82, 2.24) is 4.98 Å². The molecule has 0 bridgehead atoms. The number of rotatable bonds is 3. The van der Waals surface area contributed by atoms with Gasteiger partial charge in [0.25, 0.3) is 6.01 Å². The van der Waals surface area contributed by atoms with E-state index in [2.05, 4.69) is 4.98 Å². The number of aromatic carboxylic acids is 1. The number of alkyl halides is 3. The van der Waals surface area contributed by atoms with Crippen molar-refractivity contribution in [2.24, 2.45) is 0 Å². The molecule has 1 aliphatic carbocycles. The smallest absolute Gasteiger partial charge is 0.437 e. The van der Waals surface area contributed by atoms with Gasteiger partial charge in [-0.1, -0.05) is 12.8 Å². The van der Waals surface area contributed by atoms with E-state index in [0.717, 1.165) is 25.7 Å². The van der Waals surface area contributed by atoms with E-state index in [1.807, 2.05) is 0 Å². The van der Waals surface area contributed by atoms with E-state index in [1.54, 1.807) is 7.05 Å². The molecule has 19 heavy (non-hydrogen) atoms. The van der Waals surface area contributed by atoms with Crippen LogP contribution in [0.3, 0.4) is 0 Å². The van der Waals surface area contributed by atoms with Crippen molar-refractivity contribution in [3.63, 3.8) is 0 Å². The Labute approximate surface area is 107 Å². The van der Waals surface area contributed by atoms with E-state index in [0.29, 0.717) is 0 Å². The Morgan fingerprint density at radius 2 is 2.00 bits per heavy atom. The number of carboxylic acid groups (broad SMARTS) is 1. The Kier molecular flexibility index (Phi) is 3.42. The molecular formula is C11H13F3N2O3. The lowest BCUT2D eigenvalue weighted by atomic mass is 10.2. The molecular weight excluding hydrogens is 265 g/mol. The third kappa shape index (κ3) is 2.66. The molecule has 1 fully saturated rings.